The number of phenols is 1. The van der Waals surface area contributed by atoms with Crippen molar-refractivity contribution in [3.8, 4) is 5.75 Å². The molecule has 1 N–H and O–H groups in total. The lowest BCUT2D eigenvalue weighted by molar-refractivity contribution is -0.143. The van der Waals surface area contributed by atoms with Crippen LogP contribution in [0.3, 0.4) is 0 Å². The van der Waals surface area contributed by atoms with E-state index in [1.807, 2.05) is 0 Å². The zero-order valence-corrected chi connectivity index (χ0v) is 9.25. The van der Waals surface area contributed by atoms with Crippen molar-refractivity contribution in [1.29, 1.82) is 0 Å². The van der Waals surface area contributed by atoms with E-state index in [1.54, 1.807) is 25.1 Å². The van der Waals surface area contributed by atoms with E-state index in [-0.39, 0.29) is 18.1 Å². The second-order valence-corrected chi connectivity index (χ2v) is 3.45. The number of aromatic hydroxyl groups is 1. The molecule has 0 amide bonds. The Balaban J connectivity index is 2.61. The molecule has 0 bridgehead atoms. The molecule has 0 aliphatic carbocycles. The van der Waals surface area contributed by atoms with E-state index < -0.39 is 0 Å². The predicted molar refractivity (Wildman–Crippen MR) is 58.1 cm³/mol. The normalized spacial score (nSPS) is 10.0. The molecule has 1 rings (SSSR count). The molecule has 0 heterocycles. The summed E-state index contributed by atoms with van der Waals surface area (Å²) in [6, 6.07) is 4.89. The van der Waals surface area contributed by atoms with Crippen molar-refractivity contribution in [2.75, 3.05) is 6.61 Å². The van der Waals surface area contributed by atoms with Crippen LogP contribution in [0.25, 0.3) is 0 Å². The minimum atomic E-state index is -0.281. The number of hydrogen-bond acceptors (Lipinski definition) is 3. The summed E-state index contributed by atoms with van der Waals surface area (Å²) < 4.78 is 4.78. The Labute approximate surface area is 93.6 Å². The molecule has 0 aliphatic rings. The van der Waals surface area contributed by atoms with Crippen molar-refractivity contribution >= 4 is 17.6 Å². The fourth-order valence-electron chi connectivity index (χ4n) is 1.25. The molecular weight excluding hydrogens is 216 g/mol. The Morgan fingerprint density at radius 1 is 1.53 bits per heavy atom. The maximum Gasteiger partial charge on any atom is 0.306 e. The first-order chi connectivity index (χ1) is 7.15. The van der Waals surface area contributed by atoms with E-state index in [0.717, 1.165) is 0 Å². The summed E-state index contributed by atoms with van der Waals surface area (Å²) in [4.78, 5) is 11.1. The van der Waals surface area contributed by atoms with Gasteiger partial charge < -0.3 is 9.84 Å². The van der Waals surface area contributed by atoms with Gasteiger partial charge in [0.25, 0.3) is 0 Å². The van der Waals surface area contributed by atoms with E-state index in [4.69, 9.17) is 16.3 Å². The highest BCUT2D eigenvalue weighted by molar-refractivity contribution is 6.31. The Morgan fingerprint density at radius 3 is 2.87 bits per heavy atom. The number of phenolic OH excluding ortho intramolecular Hbond substituents is 1. The van der Waals surface area contributed by atoms with E-state index in [9.17, 15) is 9.90 Å². The van der Waals surface area contributed by atoms with E-state index in [2.05, 4.69) is 0 Å². The molecular formula is C11H13ClO3. The first kappa shape index (κ1) is 11.9. The highest BCUT2D eigenvalue weighted by atomic mass is 35.5. The Hall–Kier alpha value is -1.22. The third kappa shape index (κ3) is 3.44. The van der Waals surface area contributed by atoms with Crippen LogP contribution in [0, 0.1) is 0 Å². The number of halogens is 1. The van der Waals surface area contributed by atoms with Gasteiger partial charge in [-0.2, -0.15) is 0 Å². The second kappa shape index (κ2) is 5.61. The average molecular weight is 229 g/mol. The fraction of sp³-hybridized carbons (Fsp3) is 0.364. The molecule has 0 aromatic heterocycles. The van der Waals surface area contributed by atoms with Crippen LogP contribution in [0.2, 0.25) is 5.02 Å². The summed E-state index contributed by atoms with van der Waals surface area (Å²) in [5.41, 5.74) is 0.590. The monoisotopic (exact) mass is 228 g/mol. The van der Waals surface area contributed by atoms with Crippen molar-refractivity contribution in [3.05, 3.63) is 28.8 Å². The third-order valence-electron chi connectivity index (χ3n) is 1.98. The number of carbonyl (C=O) groups is 1. The van der Waals surface area contributed by atoms with Crippen LogP contribution >= 0.6 is 11.6 Å². The minimum Gasteiger partial charge on any atom is -0.508 e. The number of carbonyl (C=O) groups excluding carboxylic acids is 1. The molecule has 15 heavy (non-hydrogen) atoms. The predicted octanol–water partition coefficient (Wildman–Crippen LogP) is 2.54. The molecule has 0 saturated heterocycles. The number of ether oxygens (including phenoxy) is 1. The summed E-state index contributed by atoms with van der Waals surface area (Å²) >= 11 is 5.88. The molecule has 0 fully saturated rings. The standard InChI is InChI=1S/C11H13ClO3/c1-2-15-11(14)7-6-8-9(12)4-3-5-10(8)13/h3-5,13H,2,6-7H2,1H3. The Kier molecular flexibility index (Phi) is 4.43. The molecule has 0 radical (unpaired) electrons. The number of rotatable bonds is 4. The molecule has 1 aromatic carbocycles. The zero-order chi connectivity index (χ0) is 11.3. The highest BCUT2D eigenvalue weighted by Gasteiger charge is 2.09. The van der Waals surface area contributed by atoms with Gasteiger partial charge in [-0.15, -0.1) is 0 Å². The largest absolute Gasteiger partial charge is 0.508 e. The van der Waals surface area contributed by atoms with Crippen LogP contribution in [0.15, 0.2) is 18.2 Å². The van der Waals surface area contributed by atoms with Gasteiger partial charge in [0.15, 0.2) is 0 Å². The number of hydrogen-bond donors (Lipinski definition) is 1. The van der Waals surface area contributed by atoms with Gasteiger partial charge in [0, 0.05) is 17.0 Å². The first-order valence-electron chi connectivity index (χ1n) is 4.77. The molecule has 0 saturated carbocycles. The van der Waals surface area contributed by atoms with E-state index >= 15 is 0 Å². The van der Waals surface area contributed by atoms with Gasteiger partial charge in [-0.1, -0.05) is 17.7 Å². The molecule has 0 atom stereocenters. The van der Waals surface area contributed by atoms with Crippen LogP contribution in [-0.4, -0.2) is 17.7 Å². The summed E-state index contributed by atoms with van der Waals surface area (Å²) in [7, 11) is 0. The third-order valence-corrected chi connectivity index (χ3v) is 2.33. The molecule has 1 aromatic rings. The highest BCUT2D eigenvalue weighted by Crippen LogP contribution is 2.26. The maximum absolute atomic E-state index is 11.1. The molecule has 0 unspecified atom stereocenters. The van der Waals surface area contributed by atoms with Crippen molar-refractivity contribution < 1.29 is 14.6 Å². The molecule has 82 valence electrons. The summed E-state index contributed by atoms with van der Waals surface area (Å²) in [6.45, 7) is 2.12. The van der Waals surface area contributed by atoms with E-state index in [0.29, 0.717) is 23.6 Å². The number of esters is 1. The van der Waals surface area contributed by atoms with Gasteiger partial charge in [-0.3, -0.25) is 4.79 Å². The summed E-state index contributed by atoms with van der Waals surface area (Å²) in [5, 5.41) is 9.97. The maximum atomic E-state index is 11.1. The van der Waals surface area contributed by atoms with Gasteiger partial charge in [0.1, 0.15) is 5.75 Å². The van der Waals surface area contributed by atoms with Gasteiger partial charge in [-0.25, -0.2) is 0 Å². The van der Waals surface area contributed by atoms with Crippen LogP contribution in [0.4, 0.5) is 0 Å². The minimum absolute atomic E-state index is 0.117. The fourth-order valence-corrected chi connectivity index (χ4v) is 1.52. The second-order valence-electron chi connectivity index (χ2n) is 3.04. The molecule has 3 nitrogen and oxygen atoms in total. The van der Waals surface area contributed by atoms with Crippen molar-refractivity contribution in [2.45, 2.75) is 19.8 Å². The smallest absolute Gasteiger partial charge is 0.306 e. The average Bonchev–Trinajstić information content (AvgIpc) is 2.17. The van der Waals surface area contributed by atoms with Crippen LogP contribution in [-0.2, 0) is 16.0 Å². The lowest BCUT2D eigenvalue weighted by Crippen LogP contribution is -2.05. The van der Waals surface area contributed by atoms with Gasteiger partial charge in [0.2, 0.25) is 0 Å². The van der Waals surface area contributed by atoms with E-state index in [1.165, 1.54) is 0 Å². The summed E-state index contributed by atoms with van der Waals surface area (Å²) in [6.07, 6.45) is 0.621. The van der Waals surface area contributed by atoms with Crippen LogP contribution in [0.1, 0.15) is 18.9 Å². The SMILES string of the molecule is CCOC(=O)CCc1c(O)cccc1Cl. The first-order valence-corrected chi connectivity index (χ1v) is 5.15. The van der Waals surface area contributed by atoms with Crippen LogP contribution in [0.5, 0.6) is 5.75 Å². The van der Waals surface area contributed by atoms with Crippen LogP contribution < -0.4 is 0 Å². The molecule has 0 aliphatic heterocycles. The summed E-state index contributed by atoms with van der Waals surface area (Å²) in [5.74, 6) is -0.163. The van der Waals surface area contributed by atoms with Gasteiger partial charge in [0.05, 0.1) is 6.61 Å². The van der Waals surface area contributed by atoms with Crippen molar-refractivity contribution in [1.82, 2.24) is 0 Å². The quantitative estimate of drug-likeness (QED) is 0.806. The van der Waals surface area contributed by atoms with Gasteiger partial charge >= 0.3 is 5.97 Å². The molecule has 0 spiro atoms. The Bertz CT molecular complexity index is 329. The zero-order valence-electron chi connectivity index (χ0n) is 8.50. The van der Waals surface area contributed by atoms with Crippen molar-refractivity contribution in [2.24, 2.45) is 0 Å². The molecule has 4 heteroatoms. The topological polar surface area (TPSA) is 46.5 Å². The van der Waals surface area contributed by atoms with Gasteiger partial charge in [-0.05, 0) is 25.5 Å². The lowest BCUT2D eigenvalue weighted by atomic mass is 10.1. The Morgan fingerprint density at radius 2 is 2.27 bits per heavy atom. The lowest BCUT2D eigenvalue weighted by Gasteiger charge is -2.06. The van der Waals surface area contributed by atoms with Crippen molar-refractivity contribution in [3.63, 3.8) is 0 Å². The number of benzene rings is 1.